The maximum Gasteiger partial charge on any atom is 0.0669 e. The zero-order valence-corrected chi connectivity index (χ0v) is 10.5. The molecule has 0 unspecified atom stereocenters. The van der Waals surface area contributed by atoms with E-state index in [2.05, 4.69) is 42.2 Å². The lowest BCUT2D eigenvalue weighted by Gasteiger charge is -2.30. The Hall–Kier alpha value is -1.33. The molecule has 0 aliphatic carbocycles. The highest BCUT2D eigenvalue weighted by molar-refractivity contribution is 5.24. The second-order valence-electron chi connectivity index (χ2n) is 5.11. The summed E-state index contributed by atoms with van der Waals surface area (Å²) in [7, 11) is 0. The van der Waals surface area contributed by atoms with Crippen molar-refractivity contribution in [2.75, 3.05) is 13.1 Å². The number of benzene rings is 1. The fraction of sp³-hybridized carbons (Fsp3) is 0.533. The summed E-state index contributed by atoms with van der Waals surface area (Å²) in [6.07, 6.45) is 3.17. The summed E-state index contributed by atoms with van der Waals surface area (Å²) in [5.41, 5.74) is 2.48. The van der Waals surface area contributed by atoms with Gasteiger partial charge < -0.3 is 0 Å². The average molecular weight is 228 g/mol. The molecule has 1 saturated heterocycles. The lowest BCUT2D eigenvalue weighted by molar-refractivity contribution is 0.185. The van der Waals surface area contributed by atoms with E-state index in [1.165, 1.54) is 31.5 Å². The van der Waals surface area contributed by atoms with Gasteiger partial charge in [0.05, 0.1) is 12.5 Å². The van der Waals surface area contributed by atoms with E-state index >= 15 is 0 Å². The second-order valence-corrected chi connectivity index (χ2v) is 5.11. The van der Waals surface area contributed by atoms with Gasteiger partial charge in [-0.15, -0.1) is 0 Å². The topological polar surface area (TPSA) is 27.0 Å². The molecule has 2 heteroatoms. The van der Waals surface area contributed by atoms with Gasteiger partial charge in [0.25, 0.3) is 0 Å². The van der Waals surface area contributed by atoms with Crippen molar-refractivity contribution >= 4 is 0 Å². The SMILES string of the molecule is CC1CCN(Cc2ccc(CC#N)cc2)CC1. The molecule has 1 aromatic rings. The quantitative estimate of drug-likeness (QED) is 0.795. The lowest BCUT2D eigenvalue weighted by atomic mass is 9.99. The van der Waals surface area contributed by atoms with Crippen LogP contribution < -0.4 is 0 Å². The number of piperidine rings is 1. The van der Waals surface area contributed by atoms with Crippen LogP contribution in [0.5, 0.6) is 0 Å². The molecule has 0 bridgehead atoms. The Morgan fingerprint density at radius 3 is 2.35 bits per heavy atom. The molecule has 17 heavy (non-hydrogen) atoms. The van der Waals surface area contributed by atoms with Gasteiger partial charge in [-0.05, 0) is 43.0 Å². The molecule has 1 heterocycles. The molecule has 0 spiro atoms. The normalized spacial score (nSPS) is 17.9. The minimum atomic E-state index is 0.515. The molecule has 0 aromatic heterocycles. The number of rotatable bonds is 3. The first-order valence-corrected chi connectivity index (χ1v) is 6.45. The molecule has 2 rings (SSSR count). The predicted molar refractivity (Wildman–Crippen MR) is 69.4 cm³/mol. The summed E-state index contributed by atoms with van der Waals surface area (Å²) in [4.78, 5) is 2.53. The Balaban J connectivity index is 1.88. The zero-order valence-electron chi connectivity index (χ0n) is 10.5. The van der Waals surface area contributed by atoms with Crippen LogP contribution in [0.15, 0.2) is 24.3 Å². The van der Waals surface area contributed by atoms with E-state index in [1.54, 1.807) is 0 Å². The van der Waals surface area contributed by atoms with Crippen molar-refractivity contribution in [2.24, 2.45) is 5.92 Å². The third-order valence-electron chi connectivity index (χ3n) is 3.59. The lowest BCUT2D eigenvalue weighted by Crippen LogP contribution is -2.32. The maximum absolute atomic E-state index is 8.62. The van der Waals surface area contributed by atoms with E-state index in [9.17, 15) is 0 Å². The minimum absolute atomic E-state index is 0.515. The van der Waals surface area contributed by atoms with Crippen LogP contribution in [-0.4, -0.2) is 18.0 Å². The zero-order chi connectivity index (χ0) is 12.1. The van der Waals surface area contributed by atoms with Gasteiger partial charge in [-0.3, -0.25) is 4.90 Å². The fourth-order valence-corrected chi connectivity index (χ4v) is 2.33. The van der Waals surface area contributed by atoms with Gasteiger partial charge in [-0.2, -0.15) is 5.26 Å². The number of hydrogen-bond donors (Lipinski definition) is 0. The van der Waals surface area contributed by atoms with Crippen molar-refractivity contribution < 1.29 is 0 Å². The number of hydrogen-bond acceptors (Lipinski definition) is 2. The van der Waals surface area contributed by atoms with E-state index in [4.69, 9.17) is 5.26 Å². The van der Waals surface area contributed by atoms with Crippen LogP contribution in [0.3, 0.4) is 0 Å². The van der Waals surface area contributed by atoms with Crippen molar-refractivity contribution in [3.05, 3.63) is 35.4 Å². The van der Waals surface area contributed by atoms with E-state index in [0.29, 0.717) is 6.42 Å². The average Bonchev–Trinajstić information content (AvgIpc) is 2.35. The molecular formula is C15H20N2. The van der Waals surface area contributed by atoms with Crippen LogP contribution in [0.4, 0.5) is 0 Å². The third kappa shape index (κ3) is 3.57. The highest BCUT2D eigenvalue weighted by Gasteiger charge is 2.15. The molecule has 0 atom stereocenters. The van der Waals surface area contributed by atoms with Crippen molar-refractivity contribution in [3.63, 3.8) is 0 Å². The molecule has 1 aromatic carbocycles. The second kappa shape index (κ2) is 5.84. The Morgan fingerprint density at radius 1 is 1.18 bits per heavy atom. The first-order valence-electron chi connectivity index (χ1n) is 6.45. The predicted octanol–water partition coefficient (Wildman–Crippen LogP) is 2.98. The summed E-state index contributed by atoms with van der Waals surface area (Å²) in [5.74, 6) is 0.893. The summed E-state index contributed by atoms with van der Waals surface area (Å²) < 4.78 is 0. The van der Waals surface area contributed by atoms with Crippen LogP contribution in [0, 0.1) is 17.2 Å². The van der Waals surface area contributed by atoms with E-state index in [-0.39, 0.29) is 0 Å². The largest absolute Gasteiger partial charge is 0.299 e. The molecule has 1 fully saturated rings. The molecule has 2 nitrogen and oxygen atoms in total. The highest BCUT2D eigenvalue weighted by atomic mass is 15.1. The Bertz CT molecular complexity index is 380. The smallest absolute Gasteiger partial charge is 0.0669 e. The summed E-state index contributed by atoms with van der Waals surface area (Å²) >= 11 is 0. The number of nitrogens with zero attached hydrogens (tertiary/aromatic N) is 2. The van der Waals surface area contributed by atoms with Crippen molar-refractivity contribution in [1.82, 2.24) is 4.90 Å². The molecule has 0 saturated carbocycles. The molecular weight excluding hydrogens is 208 g/mol. The van der Waals surface area contributed by atoms with Gasteiger partial charge in [0.2, 0.25) is 0 Å². The van der Waals surface area contributed by atoms with Gasteiger partial charge >= 0.3 is 0 Å². The van der Waals surface area contributed by atoms with Crippen molar-refractivity contribution in [1.29, 1.82) is 5.26 Å². The third-order valence-corrected chi connectivity index (χ3v) is 3.59. The first-order chi connectivity index (χ1) is 8.28. The monoisotopic (exact) mass is 228 g/mol. The van der Waals surface area contributed by atoms with E-state index in [0.717, 1.165) is 18.0 Å². The van der Waals surface area contributed by atoms with Crippen LogP contribution in [-0.2, 0) is 13.0 Å². The summed E-state index contributed by atoms with van der Waals surface area (Å²) in [6.45, 7) is 5.84. The van der Waals surface area contributed by atoms with Gasteiger partial charge in [-0.25, -0.2) is 0 Å². The fourth-order valence-electron chi connectivity index (χ4n) is 2.33. The summed E-state index contributed by atoms with van der Waals surface area (Å²) in [5, 5.41) is 8.62. The first kappa shape index (κ1) is 12.1. The maximum atomic E-state index is 8.62. The molecule has 1 aliphatic rings. The van der Waals surface area contributed by atoms with Crippen LogP contribution in [0.2, 0.25) is 0 Å². The van der Waals surface area contributed by atoms with Gasteiger partial charge in [0, 0.05) is 6.54 Å². The Labute approximate surface area is 104 Å². The highest BCUT2D eigenvalue weighted by Crippen LogP contribution is 2.18. The summed E-state index contributed by atoms with van der Waals surface area (Å²) in [6, 6.07) is 10.6. The minimum Gasteiger partial charge on any atom is -0.299 e. The number of nitriles is 1. The molecule has 1 aliphatic heterocycles. The van der Waals surface area contributed by atoms with Crippen LogP contribution in [0.1, 0.15) is 30.9 Å². The van der Waals surface area contributed by atoms with Gasteiger partial charge in [0.15, 0.2) is 0 Å². The van der Waals surface area contributed by atoms with Crippen molar-refractivity contribution in [2.45, 2.75) is 32.7 Å². The number of likely N-dealkylation sites (tertiary alicyclic amines) is 1. The Morgan fingerprint density at radius 2 is 1.76 bits per heavy atom. The van der Waals surface area contributed by atoms with Gasteiger partial charge in [0.1, 0.15) is 0 Å². The molecule has 0 N–H and O–H groups in total. The standard InChI is InChI=1S/C15H20N2/c1-13-7-10-17(11-8-13)12-15-4-2-14(3-5-15)6-9-16/h2-5,13H,6-8,10-12H2,1H3. The van der Waals surface area contributed by atoms with Crippen LogP contribution >= 0.6 is 0 Å². The van der Waals surface area contributed by atoms with Crippen molar-refractivity contribution in [3.8, 4) is 6.07 Å². The van der Waals surface area contributed by atoms with Gasteiger partial charge in [-0.1, -0.05) is 31.2 Å². The van der Waals surface area contributed by atoms with E-state index in [1.807, 2.05) is 0 Å². The Kier molecular flexibility index (Phi) is 4.17. The molecule has 0 radical (unpaired) electrons. The molecule has 90 valence electrons. The molecule has 0 amide bonds. The van der Waals surface area contributed by atoms with E-state index < -0.39 is 0 Å². The van der Waals surface area contributed by atoms with Crippen LogP contribution in [0.25, 0.3) is 0 Å².